The van der Waals surface area contributed by atoms with E-state index in [1.165, 1.54) is 16.2 Å². The van der Waals surface area contributed by atoms with Gasteiger partial charge in [0.25, 0.3) is 11.8 Å². The molecular weight excluding hydrogens is 424 g/mol. The molecule has 1 heterocycles. The lowest BCUT2D eigenvalue weighted by atomic mass is 9.88. The summed E-state index contributed by atoms with van der Waals surface area (Å²) in [4.78, 5) is 27.0. The quantitative estimate of drug-likeness (QED) is 0.522. The standard InChI is InChI=1S/C25H26N2O4S/c1-16-8-13-20-21(14-16)32-25(27-22(28)15-31-19-6-4-3-5-7-19)23(20)24(29)26-17-9-11-18(30-2)12-10-17/h3-7,9-12,16H,8,13-15H2,1-2H3,(H,26,29)(H,27,28). The minimum absolute atomic E-state index is 0.122. The average Bonchev–Trinajstić information content (AvgIpc) is 3.15. The molecule has 1 aliphatic carbocycles. The second kappa shape index (κ2) is 9.87. The molecule has 7 heteroatoms. The number of para-hydroxylation sites is 1. The van der Waals surface area contributed by atoms with Crippen molar-refractivity contribution in [3.05, 3.63) is 70.6 Å². The van der Waals surface area contributed by atoms with Gasteiger partial charge in [-0.15, -0.1) is 11.3 Å². The van der Waals surface area contributed by atoms with E-state index < -0.39 is 0 Å². The van der Waals surface area contributed by atoms with E-state index in [0.717, 1.165) is 30.6 Å². The van der Waals surface area contributed by atoms with Crippen molar-refractivity contribution < 1.29 is 19.1 Å². The van der Waals surface area contributed by atoms with Crippen molar-refractivity contribution in [2.24, 2.45) is 5.92 Å². The van der Waals surface area contributed by atoms with Gasteiger partial charge in [0.05, 0.1) is 12.7 Å². The molecule has 1 aliphatic rings. The molecule has 6 nitrogen and oxygen atoms in total. The Balaban J connectivity index is 1.53. The average molecular weight is 451 g/mol. The molecular formula is C25H26N2O4S. The molecule has 32 heavy (non-hydrogen) atoms. The first-order valence-corrected chi connectivity index (χ1v) is 11.4. The number of carbonyl (C=O) groups excluding carboxylic acids is 2. The number of methoxy groups -OCH3 is 1. The molecule has 0 spiro atoms. The Bertz CT molecular complexity index is 1090. The number of benzene rings is 2. The zero-order valence-electron chi connectivity index (χ0n) is 18.1. The van der Waals surface area contributed by atoms with Crippen molar-refractivity contribution in [2.45, 2.75) is 26.2 Å². The van der Waals surface area contributed by atoms with E-state index >= 15 is 0 Å². The Morgan fingerprint density at radius 2 is 1.78 bits per heavy atom. The van der Waals surface area contributed by atoms with Crippen molar-refractivity contribution >= 4 is 33.8 Å². The van der Waals surface area contributed by atoms with E-state index in [-0.39, 0.29) is 18.4 Å². The van der Waals surface area contributed by atoms with E-state index in [1.54, 1.807) is 43.5 Å². The molecule has 0 aliphatic heterocycles. The molecule has 0 bridgehead atoms. The SMILES string of the molecule is COc1ccc(NC(=O)c2c(NC(=O)COc3ccccc3)sc3c2CCC(C)C3)cc1. The van der Waals surface area contributed by atoms with Crippen LogP contribution in [0.5, 0.6) is 11.5 Å². The summed E-state index contributed by atoms with van der Waals surface area (Å²) < 4.78 is 10.7. The lowest BCUT2D eigenvalue weighted by Gasteiger charge is -2.18. The third-order valence-electron chi connectivity index (χ3n) is 5.45. The van der Waals surface area contributed by atoms with Gasteiger partial charge in [0.1, 0.15) is 16.5 Å². The number of amides is 2. The van der Waals surface area contributed by atoms with Crippen molar-refractivity contribution in [2.75, 3.05) is 24.4 Å². The van der Waals surface area contributed by atoms with Crippen LogP contribution in [0.3, 0.4) is 0 Å². The maximum absolute atomic E-state index is 13.2. The van der Waals surface area contributed by atoms with E-state index in [1.807, 2.05) is 18.2 Å². The van der Waals surface area contributed by atoms with Crippen molar-refractivity contribution in [1.82, 2.24) is 0 Å². The fraction of sp³-hybridized carbons (Fsp3) is 0.280. The number of fused-ring (bicyclic) bond motifs is 1. The highest BCUT2D eigenvalue weighted by atomic mass is 32.1. The molecule has 1 aromatic heterocycles. The normalized spacial score (nSPS) is 14.9. The summed E-state index contributed by atoms with van der Waals surface area (Å²) in [7, 11) is 1.60. The third kappa shape index (κ3) is 5.11. The summed E-state index contributed by atoms with van der Waals surface area (Å²) in [6, 6.07) is 16.4. The van der Waals surface area contributed by atoms with Gasteiger partial charge in [-0.25, -0.2) is 0 Å². The summed E-state index contributed by atoms with van der Waals surface area (Å²) in [5, 5.41) is 6.45. The van der Waals surface area contributed by atoms with Crippen molar-refractivity contribution in [3.8, 4) is 11.5 Å². The van der Waals surface area contributed by atoms with Gasteiger partial charge >= 0.3 is 0 Å². The fourth-order valence-corrected chi connectivity index (χ4v) is 5.20. The van der Waals surface area contributed by atoms with Crippen LogP contribution < -0.4 is 20.1 Å². The van der Waals surface area contributed by atoms with Crippen molar-refractivity contribution in [1.29, 1.82) is 0 Å². The zero-order valence-corrected chi connectivity index (χ0v) is 19.0. The minimum atomic E-state index is -0.293. The van der Waals surface area contributed by atoms with Gasteiger partial charge in [0.2, 0.25) is 0 Å². The minimum Gasteiger partial charge on any atom is -0.497 e. The number of ether oxygens (including phenoxy) is 2. The molecule has 0 saturated carbocycles. The predicted molar refractivity (Wildman–Crippen MR) is 127 cm³/mol. The van der Waals surface area contributed by atoms with E-state index in [4.69, 9.17) is 9.47 Å². The van der Waals surface area contributed by atoms with Crippen LogP contribution in [0.15, 0.2) is 54.6 Å². The summed E-state index contributed by atoms with van der Waals surface area (Å²) in [5.74, 6) is 1.39. The number of hydrogen-bond acceptors (Lipinski definition) is 5. The number of nitrogens with one attached hydrogen (secondary N) is 2. The van der Waals surface area contributed by atoms with Gasteiger partial charge in [-0.1, -0.05) is 25.1 Å². The number of thiophene rings is 1. The molecule has 2 aromatic carbocycles. The lowest BCUT2D eigenvalue weighted by molar-refractivity contribution is -0.118. The van der Waals surface area contributed by atoms with Crippen LogP contribution in [0.2, 0.25) is 0 Å². The molecule has 166 valence electrons. The molecule has 1 unspecified atom stereocenters. The van der Waals surface area contributed by atoms with Crippen LogP contribution in [0.1, 0.15) is 34.1 Å². The summed E-state index contributed by atoms with van der Waals surface area (Å²) in [5.41, 5.74) is 2.27. The molecule has 2 amide bonds. The van der Waals surface area contributed by atoms with E-state index in [9.17, 15) is 9.59 Å². The van der Waals surface area contributed by atoms with Gasteiger partial charge in [0.15, 0.2) is 6.61 Å². The fourth-order valence-electron chi connectivity index (χ4n) is 3.78. The van der Waals surface area contributed by atoms with Crippen LogP contribution >= 0.6 is 11.3 Å². The van der Waals surface area contributed by atoms with Crippen LogP contribution in [0, 0.1) is 5.92 Å². The molecule has 0 radical (unpaired) electrons. The van der Waals surface area contributed by atoms with Crippen LogP contribution in [0.25, 0.3) is 0 Å². The highest BCUT2D eigenvalue weighted by molar-refractivity contribution is 7.17. The summed E-state index contributed by atoms with van der Waals surface area (Å²) >= 11 is 1.49. The van der Waals surface area contributed by atoms with E-state index in [2.05, 4.69) is 17.6 Å². The van der Waals surface area contributed by atoms with Gasteiger partial charge in [-0.05, 0) is 67.1 Å². The Morgan fingerprint density at radius 1 is 1.03 bits per heavy atom. The molecule has 3 aromatic rings. The van der Waals surface area contributed by atoms with Gasteiger partial charge in [-0.2, -0.15) is 0 Å². The van der Waals surface area contributed by atoms with Gasteiger partial charge in [-0.3, -0.25) is 9.59 Å². The Kier molecular flexibility index (Phi) is 6.75. The maximum atomic E-state index is 13.2. The number of anilines is 2. The molecule has 0 fully saturated rings. The van der Waals surface area contributed by atoms with Gasteiger partial charge in [0, 0.05) is 10.6 Å². The van der Waals surface area contributed by atoms with Gasteiger partial charge < -0.3 is 20.1 Å². The lowest BCUT2D eigenvalue weighted by Crippen LogP contribution is -2.22. The monoisotopic (exact) mass is 450 g/mol. The number of carbonyl (C=O) groups is 2. The topological polar surface area (TPSA) is 76.7 Å². The zero-order chi connectivity index (χ0) is 22.5. The number of rotatable bonds is 7. The summed E-state index contributed by atoms with van der Waals surface area (Å²) in [6.45, 7) is 2.09. The largest absolute Gasteiger partial charge is 0.497 e. The first-order valence-electron chi connectivity index (χ1n) is 10.6. The summed E-state index contributed by atoms with van der Waals surface area (Å²) in [6.07, 6.45) is 2.77. The van der Waals surface area contributed by atoms with Crippen molar-refractivity contribution in [3.63, 3.8) is 0 Å². The molecule has 4 rings (SSSR count). The second-order valence-electron chi connectivity index (χ2n) is 7.89. The third-order valence-corrected chi connectivity index (χ3v) is 6.62. The number of hydrogen-bond donors (Lipinski definition) is 2. The molecule has 0 saturated heterocycles. The maximum Gasteiger partial charge on any atom is 0.262 e. The second-order valence-corrected chi connectivity index (χ2v) is 8.99. The first kappa shape index (κ1) is 21.9. The van der Waals surface area contributed by atoms with Crippen LogP contribution in [-0.4, -0.2) is 25.5 Å². The Morgan fingerprint density at radius 3 is 2.50 bits per heavy atom. The Hall–Kier alpha value is -3.32. The van der Waals surface area contributed by atoms with E-state index in [0.29, 0.717) is 27.9 Å². The first-order chi connectivity index (χ1) is 15.5. The predicted octanol–water partition coefficient (Wildman–Crippen LogP) is 5.15. The van der Waals surface area contributed by atoms with Crippen LogP contribution in [0.4, 0.5) is 10.7 Å². The Labute approximate surface area is 191 Å². The molecule has 1 atom stereocenters. The van der Waals surface area contributed by atoms with Crippen LogP contribution in [-0.2, 0) is 17.6 Å². The smallest absolute Gasteiger partial charge is 0.262 e. The highest BCUT2D eigenvalue weighted by Crippen LogP contribution is 2.40. The molecule has 2 N–H and O–H groups in total. The highest BCUT2D eigenvalue weighted by Gasteiger charge is 2.28.